The Morgan fingerprint density at radius 3 is 2.70 bits per heavy atom. The summed E-state index contributed by atoms with van der Waals surface area (Å²) in [5, 5.41) is 10.5. The average molecular weight is 321 g/mol. The van der Waals surface area contributed by atoms with Crippen LogP contribution in [0.25, 0.3) is 0 Å². The van der Waals surface area contributed by atoms with Crippen LogP contribution in [0, 0.1) is 0 Å². The second kappa shape index (κ2) is 7.86. The number of ether oxygens (including phenoxy) is 1. The van der Waals surface area contributed by atoms with Crippen LogP contribution in [-0.2, 0) is 9.84 Å². The summed E-state index contributed by atoms with van der Waals surface area (Å²) in [6, 6.07) is 6.94. The van der Waals surface area contributed by atoms with Gasteiger partial charge >= 0.3 is 0 Å². The summed E-state index contributed by atoms with van der Waals surface area (Å²) in [6.07, 6.45) is -0.305. The molecule has 0 aliphatic rings. The molecule has 0 aromatic heterocycles. The minimum atomic E-state index is -2.97. The number of hydrogen-bond acceptors (Lipinski definition) is 4. The van der Waals surface area contributed by atoms with E-state index in [-0.39, 0.29) is 11.5 Å². The molecule has 20 heavy (non-hydrogen) atoms. The van der Waals surface area contributed by atoms with E-state index in [1.165, 1.54) is 0 Å². The van der Waals surface area contributed by atoms with Crippen molar-refractivity contribution < 1.29 is 18.3 Å². The molecule has 0 spiro atoms. The quantitative estimate of drug-likeness (QED) is 0.800. The van der Waals surface area contributed by atoms with Crippen molar-refractivity contribution in [2.75, 3.05) is 11.5 Å². The molecular formula is C14H21ClO4S. The summed E-state index contributed by atoms with van der Waals surface area (Å²) >= 11 is 5.85. The maximum atomic E-state index is 11.4. The Bertz CT molecular complexity index is 516. The predicted molar refractivity (Wildman–Crippen MR) is 81.1 cm³/mol. The van der Waals surface area contributed by atoms with Crippen LogP contribution in [0.5, 0.6) is 5.75 Å². The van der Waals surface area contributed by atoms with E-state index in [4.69, 9.17) is 16.3 Å². The number of aliphatic hydroxyl groups excluding tert-OH is 1. The molecule has 0 bridgehead atoms. The lowest BCUT2D eigenvalue weighted by Crippen LogP contribution is -2.29. The number of rotatable bonds is 8. The zero-order valence-corrected chi connectivity index (χ0v) is 13.3. The third-order valence-corrected chi connectivity index (χ3v) is 5.08. The van der Waals surface area contributed by atoms with E-state index in [1.807, 2.05) is 0 Å². The van der Waals surface area contributed by atoms with Crippen LogP contribution in [-0.4, -0.2) is 37.2 Å². The zero-order valence-electron chi connectivity index (χ0n) is 11.8. The Balaban J connectivity index is 2.41. The molecule has 0 fully saturated rings. The third-order valence-electron chi connectivity index (χ3n) is 3.05. The molecule has 114 valence electrons. The molecule has 2 atom stereocenters. The lowest BCUT2D eigenvalue weighted by Gasteiger charge is -2.20. The largest absolute Gasteiger partial charge is 0.488 e. The Morgan fingerprint density at radius 2 is 2.10 bits per heavy atom. The van der Waals surface area contributed by atoms with Gasteiger partial charge in [-0.05, 0) is 38.0 Å². The van der Waals surface area contributed by atoms with Crippen molar-refractivity contribution in [2.24, 2.45) is 0 Å². The molecule has 0 heterocycles. The molecule has 1 N–H and O–H groups in total. The molecule has 1 rings (SSSR count). The molecule has 0 saturated heterocycles. The van der Waals surface area contributed by atoms with Crippen molar-refractivity contribution in [3.8, 4) is 5.75 Å². The number of halogens is 1. The fourth-order valence-electron chi connectivity index (χ4n) is 1.72. The van der Waals surface area contributed by atoms with Crippen molar-refractivity contribution in [1.82, 2.24) is 0 Å². The molecule has 0 aliphatic heterocycles. The highest BCUT2D eigenvalue weighted by atomic mass is 35.5. The highest BCUT2D eigenvalue weighted by Crippen LogP contribution is 2.20. The molecule has 6 heteroatoms. The van der Waals surface area contributed by atoms with Crippen molar-refractivity contribution >= 4 is 21.4 Å². The van der Waals surface area contributed by atoms with Gasteiger partial charge in [0.2, 0.25) is 0 Å². The smallest absolute Gasteiger partial charge is 0.150 e. The highest BCUT2D eigenvalue weighted by Gasteiger charge is 2.17. The molecule has 0 aliphatic carbocycles. The Kier molecular flexibility index (Phi) is 6.79. The fourth-order valence-corrected chi connectivity index (χ4v) is 2.80. The minimum absolute atomic E-state index is 0.102. The first-order valence-corrected chi connectivity index (χ1v) is 8.84. The van der Waals surface area contributed by atoms with E-state index < -0.39 is 22.0 Å². The number of benzene rings is 1. The molecule has 0 radical (unpaired) electrons. The van der Waals surface area contributed by atoms with E-state index >= 15 is 0 Å². The van der Waals surface area contributed by atoms with Gasteiger partial charge in [0, 0.05) is 10.8 Å². The van der Waals surface area contributed by atoms with Gasteiger partial charge in [-0.15, -0.1) is 0 Å². The van der Waals surface area contributed by atoms with E-state index in [0.29, 0.717) is 23.6 Å². The maximum Gasteiger partial charge on any atom is 0.150 e. The topological polar surface area (TPSA) is 63.6 Å². The highest BCUT2D eigenvalue weighted by molar-refractivity contribution is 7.91. The summed E-state index contributed by atoms with van der Waals surface area (Å²) < 4.78 is 28.3. The van der Waals surface area contributed by atoms with Gasteiger partial charge in [-0.25, -0.2) is 8.42 Å². The number of sulfone groups is 1. The summed E-state index contributed by atoms with van der Waals surface area (Å²) in [5.41, 5.74) is 0. The van der Waals surface area contributed by atoms with Gasteiger partial charge in [-0.2, -0.15) is 0 Å². The Labute approximate surface area is 125 Å². The van der Waals surface area contributed by atoms with Gasteiger partial charge in [-0.3, -0.25) is 0 Å². The second-order valence-electron chi connectivity index (χ2n) is 4.73. The Morgan fingerprint density at radius 1 is 1.40 bits per heavy atom. The van der Waals surface area contributed by atoms with Crippen molar-refractivity contribution in [3.05, 3.63) is 29.3 Å². The lowest BCUT2D eigenvalue weighted by molar-refractivity contribution is 0.0415. The zero-order chi connectivity index (χ0) is 15.2. The van der Waals surface area contributed by atoms with Crippen LogP contribution < -0.4 is 4.74 Å². The molecule has 2 unspecified atom stereocenters. The minimum Gasteiger partial charge on any atom is -0.488 e. The van der Waals surface area contributed by atoms with Crippen LogP contribution >= 0.6 is 11.6 Å². The maximum absolute atomic E-state index is 11.4. The van der Waals surface area contributed by atoms with E-state index in [1.54, 1.807) is 38.1 Å². The molecule has 1 aromatic rings. The van der Waals surface area contributed by atoms with Crippen molar-refractivity contribution in [2.45, 2.75) is 38.9 Å². The Hall–Kier alpha value is -0.780. The lowest BCUT2D eigenvalue weighted by atomic mass is 10.1. The first-order chi connectivity index (χ1) is 9.34. The van der Waals surface area contributed by atoms with E-state index in [2.05, 4.69) is 0 Å². The van der Waals surface area contributed by atoms with Crippen LogP contribution in [0.15, 0.2) is 24.3 Å². The first kappa shape index (κ1) is 17.3. The van der Waals surface area contributed by atoms with Gasteiger partial charge in [0.1, 0.15) is 21.7 Å². The van der Waals surface area contributed by atoms with Crippen molar-refractivity contribution in [3.63, 3.8) is 0 Å². The molecule has 0 saturated carbocycles. The van der Waals surface area contributed by atoms with Gasteiger partial charge in [0.15, 0.2) is 0 Å². The first-order valence-electron chi connectivity index (χ1n) is 6.65. The molecule has 0 amide bonds. The predicted octanol–water partition coefficient (Wildman–Crippen LogP) is 2.68. The average Bonchev–Trinajstić information content (AvgIpc) is 2.38. The summed E-state index contributed by atoms with van der Waals surface area (Å²) in [5.74, 6) is 0.826. The van der Waals surface area contributed by atoms with Gasteiger partial charge in [0.25, 0.3) is 0 Å². The van der Waals surface area contributed by atoms with Crippen LogP contribution in [0.2, 0.25) is 5.02 Å². The SMILES string of the molecule is CCS(=O)(=O)CCCC(O)C(C)Oc1cccc(Cl)c1. The summed E-state index contributed by atoms with van der Waals surface area (Å²) in [7, 11) is -2.97. The van der Waals surface area contributed by atoms with Crippen LogP contribution in [0.3, 0.4) is 0 Å². The second-order valence-corrected chi connectivity index (χ2v) is 7.64. The molecule has 4 nitrogen and oxygen atoms in total. The number of hydrogen-bond donors (Lipinski definition) is 1. The molecular weight excluding hydrogens is 300 g/mol. The standard InChI is InChI=1S/C14H21ClO4S/c1-3-20(17,18)9-5-8-14(16)11(2)19-13-7-4-6-12(15)10-13/h4,6-7,10-11,14,16H,3,5,8-9H2,1-2H3. The van der Waals surface area contributed by atoms with Crippen molar-refractivity contribution in [1.29, 1.82) is 0 Å². The van der Waals surface area contributed by atoms with E-state index in [0.717, 1.165) is 0 Å². The summed E-state index contributed by atoms with van der Waals surface area (Å²) in [6.45, 7) is 3.37. The van der Waals surface area contributed by atoms with E-state index in [9.17, 15) is 13.5 Å². The summed E-state index contributed by atoms with van der Waals surface area (Å²) in [4.78, 5) is 0. The van der Waals surface area contributed by atoms with Crippen LogP contribution in [0.4, 0.5) is 0 Å². The normalized spacial score (nSPS) is 14.8. The monoisotopic (exact) mass is 320 g/mol. The fraction of sp³-hybridized carbons (Fsp3) is 0.571. The van der Waals surface area contributed by atoms with Gasteiger partial charge in [-0.1, -0.05) is 24.6 Å². The van der Waals surface area contributed by atoms with Gasteiger partial charge < -0.3 is 9.84 Å². The number of aliphatic hydroxyl groups is 1. The van der Waals surface area contributed by atoms with Crippen LogP contribution in [0.1, 0.15) is 26.7 Å². The molecule has 1 aromatic carbocycles. The third kappa shape index (κ3) is 6.11. The van der Waals surface area contributed by atoms with Gasteiger partial charge in [0.05, 0.1) is 11.9 Å².